The van der Waals surface area contributed by atoms with Crippen LogP contribution in [0.3, 0.4) is 0 Å². The van der Waals surface area contributed by atoms with Gasteiger partial charge in [-0.15, -0.1) is 0 Å². The van der Waals surface area contributed by atoms with Gasteiger partial charge in [0.25, 0.3) is 0 Å². The van der Waals surface area contributed by atoms with Gasteiger partial charge in [0.05, 0.1) is 6.61 Å². The Hall–Kier alpha value is -2.57. The fraction of sp³-hybridized carbons (Fsp3) is 0.417. The molecule has 0 bridgehead atoms. The highest BCUT2D eigenvalue weighted by Gasteiger charge is 2.23. The van der Waals surface area contributed by atoms with Crippen LogP contribution in [-0.4, -0.2) is 36.4 Å². The third-order valence-electron chi connectivity index (χ3n) is 5.55. The van der Waals surface area contributed by atoms with Crippen molar-refractivity contribution in [1.29, 1.82) is 0 Å². The summed E-state index contributed by atoms with van der Waals surface area (Å²) in [5.74, 6) is 0.556. The van der Waals surface area contributed by atoms with Gasteiger partial charge in [-0.05, 0) is 80.7 Å². The van der Waals surface area contributed by atoms with Crippen LogP contribution in [0.4, 0.5) is 5.69 Å². The van der Waals surface area contributed by atoms with Crippen molar-refractivity contribution in [3.63, 3.8) is 0 Å². The summed E-state index contributed by atoms with van der Waals surface area (Å²) in [5.41, 5.74) is 8.32. The highest BCUT2D eigenvalue weighted by atomic mass is 35.5. The molecule has 6 nitrogen and oxygen atoms in total. The molecule has 7 heteroatoms. The van der Waals surface area contributed by atoms with Gasteiger partial charge in [-0.25, -0.2) is 0 Å². The summed E-state index contributed by atoms with van der Waals surface area (Å²) in [6.45, 7) is 4.93. The first-order chi connectivity index (χ1) is 14.9. The van der Waals surface area contributed by atoms with Crippen molar-refractivity contribution >= 4 is 29.1 Å². The summed E-state index contributed by atoms with van der Waals surface area (Å²) in [6, 6.07) is 13.4. The molecular formula is C24H30ClN3O3. The van der Waals surface area contributed by atoms with E-state index < -0.39 is 0 Å². The smallest absolute Gasteiger partial charge is 0.224 e. The number of hydrogen-bond donors (Lipinski definition) is 2. The molecule has 2 aromatic carbocycles. The topological polar surface area (TPSA) is 84.7 Å². The fourth-order valence-corrected chi connectivity index (χ4v) is 4.02. The summed E-state index contributed by atoms with van der Waals surface area (Å²) < 4.78 is 5.75. The average molecular weight is 444 g/mol. The molecule has 0 unspecified atom stereocenters. The molecule has 2 amide bonds. The highest BCUT2D eigenvalue weighted by Crippen LogP contribution is 2.22. The van der Waals surface area contributed by atoms with Crippen LogP contribution < -0.4 is 15.8 Å². The molecule has 1 fully saturated rings. The molecule has 31 heavy (non-hydrogen) atoms. The SMILES string of the molecule is Cc1cc(Cl)ccc1OCCCC(=O)Nc1cccc(CN2CCC(C(N)=O)CC2)c1. The lowest BCUT2D eigenvalue weighted by atomic mass is 9.96. The normalized spacial score (nSPS) is 14.9. The molecule has 0 radical (unpaired) electrons. The van der Waals surface area contributed by atoms with Crippen LogP contribution >= 0.6 is 11.6 Å². The van der Waals surface area contributed by atoms with E-state index in [2.05, 4.69) is 16.3 Å². The second-order valence-electron chi connectivity index (χ2n) is 8.06. The number of hydrogen-bond acceptors (Lipinski definition) is 4. The van der Waals surface area contributed by atoms with Crippen LogP contribution in [0.5, 0.6) is 5.75 Å². The van der Waals surface area contributed by atoms with Crippen molar-refractivity contribution < 1.29 is 14.3 Å². The van der Waals surface area contributed by atoms with Crippen molar-refractivity contribution in [1.82, 2.24) is 4.90 Å². The zero-order valence-electron chi connectivity index (χ0n) is 17.9. The Morgan fingerprint density at radius 3 is 2.68 bits per heavy atom. The van der Waals surface area contributed by atoms with Gasteiger partial charge in [0.1, 0.15) is 5.75 Å². The number of halogens is 1. The first-order valence-electron chi connectivity index (χ1n) is 10.7. The molecule has 166 valence electrons. The molecule has 0 saturated carbocycles. The molecule has 0 aliphatic carbocycles. The lowest BCUT2D eigenvalue weighted by molar-refractivity contribution is -0.123. The van der Waals surface area contributed by atoms with Crippen molar-refractivity contribution in [3.05, 3.63) is 58.6 Å². The first-order valence-corrected chi connectivity index (χ1v) is 11.1. The minimum atomic E-state index is -0.196. The summed E-state index contributed by atoms with van der Waals surface area (Å²) in [5, 5.41) is 3.65. The van der Waals surface area contributed by atoms with E-state index >= 15 is 0 Å². The van der Waals surface area contributed by atoms with E-state index in [1.54, 1.807) is 6.07 Å². The number of piperidine rings is 1. The monoisotopic (exact) mass is 443 g/mol. The standard InChI is InChI=1S/C24H30ClN3O3/c1-17-14-20(25)7-8-22(17)31-13-3-6-23(29)27-21-5-2-4-18(15-21)16-28-11-9-19(10-12-28)24(26)30/h2,4-5,7-8,14-15,19H,3,6,9-13,16H2,1H3,(H2,26,30)(H,27,29). The van der Waals surface area contributed by atoms with Gasteiger partial charge in [0.15, 0.2) is 0 Å². The fourth-order valence-electron chi connectivity index (χ4n) is 3.79. The molecule has 0 atom stereocenters. The summed E-state index contributed by atoms with van der Waals surface area (Å²) >= 11 is 5.95. The highest BCUT2D eigenvalue weighted by molar-refractivity contribution is 6.30. The Labute approximate surface area is 188 Å². The van der Waals surface area contributed by atoms with Gasteiger partial charge in [0.2, 0.25) is 11.8 Å². The molecule has 2 aromatic rings. The predicted molar refractivity (Wildman–Crippen MR) is 123 cm³/mol. The number of ether oxygens (including phenoxy) is 1. The van der Waals surface area contributed by atoms with Gasteiger partial charge in [0, 0.05) is 29.6 Å². The third kappa shape index (κ3) is 7.26. The second kappa shape index (κ2) is 11.2. The molecule has 3 rings (SSSR count). The van der Waals surface area contributed by atoms with E-state index in [-0.39, 0.29) is 17.7 Å². The van der Waals surface area contributed by atoms with Crippen molar-refractivity contribution in [2.75, 3.05) is 25.0 Å². The summed E-state index contributed by atoms with van der Waals surface area (Å²) in [6.07, 6.45) is 2.63. The van der Waals surface area contributed by atoms with E-state index in [4.69, 9.17) is 22.1 Å². The van der Waals surface area contributed by atoms with Crippen LogP contribution in [0.2, 0.25) is 5.02 Å². The Kier molecular flexibility index (Phi) is 8.32. The number of nitrogens with two attached hydrogens (primary N) is 1. The van der Waals surface area contributed by atoms with Crippen LogP contribution in [0.1, 0.15) is 36.8 Å². The quantitative estimate of drug-likeness (QED) is 0.570. The third-order valence-corrected chi connectivity index (χ3v) is 5.78. The van der Waals surface area contributed by atoms with Crippen molar-refractivity contribution in [3.8, 4) is 5.75 Å². The first kappa shape index (κ1) is 23.1. The number of primary amides is 1. The van der Waals surface area contributed by atoms with E-state index in [1.165, 1.54) is 0 Å². The van der Waals surface area contributed by atoms with Crippen molar-refractivity contribution in [2.24, 2.45) is 11.7 Å². The molecule has 0 spiro atoms. The Bertz CT molecular complexity index is 911. The lowest BCUT2D eigenvalue weighted by Crippen LogP contribution is -2.38. The maximum atomic E-state index is 12.3. The van der Waals surface area contributed by atoms with Gasteiger partial charge >= 0.3 is 0 Å². The molecule has 3 N–H and O–H groups in total. The molecular weight excluding hydrogens is 414 g/mol. The van der Waals surface area contributed by atoms with Crippen LogP contribution in [0.25, 0.3) is 0 Å². The lowest BCUT2D eigenvalue weighted by Gasteiger charge is -2.30. The number of aryl methyl sites for hydroxylation is 1. The van der Waals surface area contributed by atoms with E-state index in [0.717, 1.165) is 55.0 Å². The Morgan fingerprint density at radius 1 is 1.19 bits per heavy atom. The van der Waals surface area contributed by atoms with E-state index in [1.807, 2.05) is 37.3 Å². The Morgan fingerprint density at radius 2 is 1.97 bits per heavy atom. The summed E-state index contributed by atoms with van der Waals surface area (Å²) in [7, 11) is 0. The van der Waals surface area contributed by atoms with Crippen LogP contribution in [0, 0.1) is 12.8 Å². The van der Waals surface area contributed by atoms with Gasteiger partial charge in [-0.1, -0.05) is 23.7 Å². The zero-order chi connectivity index (χ0) is 22.2. The number of nitrogens with one attached hydrogen (secondary N) is 1. The minimum absolute atomic E-state index is 0.00513. The van der Waals surface area contributed by atoms with Gasteiger partial charge in [-0.2, -0.15) is 0 Å². The van der Waals surface area contributed by atoms with Crippen LogP contribution in [-0.2, 0) is 16.1 Å². The maximum absolute atomic E-state index is 12.3. The number of benzene rings is 2. The number of carbonyl (C=O) groups is 2. The molecule has 1 heterocycles. The van der Waals surface area contributed by atoms with E-state index in [0.29, 0.717) is 24.5 Å². The molecule has 1 aliphatic rings. The number of amides is 2. The molecule has 1 saturated heterocycles. The van der Waals surface area contributed by atoms with E-state index in [9.17, 15) is 9.59 Å². The Balaban J connectivity index is 1.40. The van der Waals surface area contributed by atoms with Gasteiger partial charge in [-0.3, -0.25) is 14.5 Å². The minimum Gasteiger partial charge on any atom is -0.493 e. The number of anilines is 1. The molecule has 0 aromatic heterocycles. The number of rotatable bonds is 9. The average Bonchev–Trinajstić information content (AvgIpc) is 2.73. The zero-order valence-corrected chi connectivity index (χ0v) is 18.7. The molecule has 1 aliphatic heterocycles. The van der Waals surface area contributed by atoms with Gasteiger partial charge < -0.3 is 15.8 Å². The number of likely N-dealkylation sites (tertiary alicyclic amines) is 1. The predicted octanol–water partition coefficient (Wildman–Crippen LogP) is 4.14. The van der Waals surface area contributed by atoms with Crippen molar-refractivity contribution in [2.45, 2.75) is 39.2 Å². The largest absolute Gasteiger partial charge is 0.493 e. The van der Waals surface area contributed by atoms with Crippen LogP contribution in [0.15, 0.2) is 42.5 Å². The number of carbonyl (C=O) groups excluding carboxylic acids is 2. The maximum Gasteiger partial charge on any atom is 0.224 e. The number of nitrogens with zero attached hydrogens (tertiary/aromatic N) is 1. The second-order valence-corrected chi connectivity index (χ2v) is 8.50. The summed E-state index contributed by atoms with van der Waals surface area (Å²) in [4.78, 5) is 25.9.